The van der Waals surface area contributed by atoms with E-state index in [1.54, 1.807) is 0 Å². The Bertz CT molecular complexity index is 4000. The molecule has 326 valence electrons. The number of anilines is 3. The smallest absolute Gasteiger partial charge is 0.180 e. The Morgan fingerprint density at radius 1 is 0.329 bits per heavy atom. The van der Waals surface area contributed by atoms with Gasteiger partial charge < -0.3 is 9.32 Å². The van der Waals surface area contributed by atoms with Crippen LogP contribution in [0.25, 0.3) is 66.4 Å². The molecule has 0 saturated carbocycles. The molecule has 3 heteroatoms. The minimum absolute atomic E-state index is 0.457. The summed E-state index contributed by atoms with van der Waals surface area (Å²) < 4.78 is 6.42. The number of benzene rings is 11. The number of furan rings is 1. The minimum Gasteiger partial charge on any atom is -0.456 e. The second-order valence-electron chi connectivity index (χ2n) is 19.0. The van der Waals surface area contributed by atoms with Crippen LogP contribution in [0.15, 0.2) is 265 Å². The molecule has 2 nitrogen and oxygen atoms in total. The minimum atomic E-state index is -2.66. The predicted molar refractivity (Wildman–Crippen MR) is 293 cm³/mol. The van der Waals surface area contributed by atoms with E-state index in [2.05, 4.69) is 260 Å². The van der Waals surface area contributed by atoms with Crippen molar-refractivity contribution < 1.29 is 4.42 Å². The largest absolute Gasteiger partial charge is 0.456 e. The molecule has 11 aromatic carbocycles. The first-order valence-corrected chi connectivity index (χ1v) is 26.3. The normalized spacial score (nSPS) is 13.9. The van der Waals surface area contributed by atoms with Crippen molar-refractivity contribution in [2.45, 2.75) is 5.41 Å². The monoisotopic (exact) mass is 905 g/mol. The van der Waals surface area contributed by atoms with Crippen LogP contribution < -0.4 is 25.6 Å². The number of hydrogen-bond acceptors (Lipinski definition) is 2. The average Bonchev–Trinajstić information content (AvgIpc) is 4.15. The van der Waals surface area contributed by atoms with E-state index in [4.69, 9.17) is 4.42 Å². The van der Waals surface area contributed by atoms with Gasteiger partial charge in [0.1, 0.15) is 11.2 Å². The second-order valence-corrected chi connectivity index (χ2v) is 22.8. The molecule has 3 aliphatic rings. The van der Waals surface area contributed by atoms with Crippen LogP contribution in [0.1, 0.15) is 22.3 Å². The SMILES string of the molecule is c1ccc([Si]2(c3cccc(-c4ccc(N(c5ccc6oc7ccccc7c6c5)c5cccc6c5-c5ccccc5C65c6ccccc6-c6ccccc65)cc4)c3)c3ccccc3-c3ccccc32)cc1. The Kier molecular flexibility index (Phi) is 8.34. The Labute approximate surface area is 408 Å². The van der Waals surface area contributed by atoms with Crippen molar-refractivity contribution in [2.75, 3.05) is 4.90 Å². The maximum absolute atomic E-state index is 6.42. The van der Waals surface area contributed by atoms with E-state index in [-0.39, 0.29) is 0 Å². The Balaban J connectivity index is 0.928. The maximum atomic E-state index is 6.42. The van der Waals surface area contributed by atoms with Gasteiger partial charge in [0, 0.05) is 27.7 Å². The molecule has 0 radical (unpaired) electrons. The zero-order valence-electron chi connectivity index (χ0n) is 38.2. The van der Waals surface area contributed by atoms with Crippen molar-refractivity contribution in [3.05, 3.63) is 283 Å². The van der Waals surface area contributed by atoms with Gasteiger partial charge in [-0.15, -0.1) is 0 Å². The highest BCUT2D eigenvalue weighted by Crippen LogP contribution is 2.64. The highest BCUT2D eigenvalue weighted by Gasteiger charge is 2.52. The van der Waals surface area contributed by atoms with Gasteiger partial charge >= 0.3 is 0 Å². The number of nitrogens with zero attached hydrogens (tertiary/aromatic N) is 1. The van der Waals surface area contributed by atoms with Gasteiger partial charge in [0.05, 0.1) is 11.1 Å². The number of para-hydroxylation sites is 1. The van der Waals surface area contributed by atoms with Gasteiger partial charge in [-0.05, 0) is 124 Å². The number of rotatable bonds is 6. The molecule has 1 aliphatic heterocycles. The van der Waals surface area contributed by atoms with Crippen LogP contribution in [0.3, 0.4) is 0 Å². The summed E-state index contributed by atoms with van der Waals surface area (Å²) in [5.74, 6) is 0. The molecular weight excluding hydrogens is 863 g/mol. The lowest BCUT2D eigenvalue weighted by molar-refractivity contribution is 0.669. The summed E-state index contributed by atoms with van der Waals surface area (Å²) >= 11 is 0. The molecule has 0 atom stereocenters. The Morgan fingerprint density at radius 2 is 0.857 bits per heavy atom. The molecule has 15 rings (SSSR count). The third-order valence-corrected chi connectivity index (χ3v) is 20.6. The molecule has 0 fully saturated rings. The van der Waals surface area contributed by atoms with Crippen LogP contribution in [0.5, 0.6) is 0 Å². The third-order valence-electron chi connectivity index (χ3n) is 15.8. The van der Waals surface area contributed by atoms with Crippen molar-refractivity contribution in [2.24, 2.45) is 0 Å². The number of fused-ring (bicyclic) bond motifs is 16. The molecule has 0 N–H and O–H groups in total. The average molecular weight is 906 g/mol. The maximum Gasteiger partial charge on any atom is 0.180 e. The first kappa shape index (κ1) is 39.3. The van der Waals surface area contributed by atoms with Crippen LogP contribution in [0.2, 0.25) is 0 Å². The molecule has 1 spiro atoms. The lowest BCUT2D eigenvalue weighted by Gasteiger charge is -2.32. The molecular formula is C67H43NOSi. The topological polar surface area (TPSA) is 16.4 Å². The van der Waals surface area contributed by atoms with Crippen molar-refractivity contribution >= 4 is 67.8 Å². The predicted octanol–water partition coefficient (Wildman–Crippen LogP) is 14.4. The summed E-state index contributed by atoms with van der Waals surface area (Å²) in [6, 6.07) is 97.5. The van der Waals surface area contributed by atoms with E-state index < -0.39 is 13.5 Å². The summed E-state index contributed by atoms with van der Waals surface area (Å²) in [4.78, 5) is 2.48. The molecule has 0 amide bonds. The van der Waals surface area contributed by atoms with Crippen molar-refractivity contribution in [1.29, 1.82) is 0 Å². The van der Waals surface area contributed by atoms with Gasteiger partial charge in [-0.1, -0.05) is 218 Å². The summed E-state index contributed by atoms with van der Waals surface area (Å²) in [6.45, 7) is 0. The molecule has 2 heterocycles. The van der Waals surface area contributed by atoms with E-state index in [0.29, 0.717) is 0 Å². The molecule has 0 bridgehead atoms. The van der Waals surface area contributed by atoms with Crippen molar-refractivity contribution in [3.8, 4) is 44.5 Å². The zero-order valence-corrected chi connectivity index (χ0v) is 39.2. The van der Waals surface area contributed by atoms with E-state index in [1.165, 1.54) is 87.5 Å². The van der Waals surface area contributed by atoms with E-state index in [0.717, 1.165) is 39.0 Å². The van der Waals surface area contributed by atoms with Gasteiger partial charge in [0.2, 0.25) is 0 Å². The quantitative estimate of drug-likeness (QED) is 0.155. The fraction of sp³-hybridized carbons (Fsp3) is 0.0149. The van der Waals surface area contributed by atoms with E-state index in [9.17, 15) is 0 Å². The van der Waals surface area contributed by atoms with Crippen LogP contribution >= 0.6 is 0 Å². The standard InChI is InChI=1S/C67H43NOSi/c1-2-19-48(20-3-1)70(64-34-14-8-25-53(64)54-26-9-15-35-65(54)70)49-21-16-18-45(42-49)44-36-38-46(39-37-44)68(47-40-41-63-56(43-47)52-24-7-13-33-62(52)69-63)61-32-17-31-60-66(61)55-27-6-12-30-59(55)67(60)57-28-10-4-22-50(57)51-23-5-11-29-58(51)67/h1-43H. The lowest BCUT2D eigenvalue weighted by Crippen LogP contribution is -2.72. The van der Waals surface area contributed by atoms with E-state index in [1.807, 2.05) is 6.07 Å². The van der Waals surface area contributed by atoms with Crippen LogP contribution in [0.4, 0.5) is 17.1 Å². The van der Waals surface area contributed by atoms with Crippen LogP contribution in [-0.4, -0.2) is 8.07 Å². The van der Waals surface area contributed by atoms with Crippen LogP contribution in [-0.2, 0) is 5.41 Å². The van der Waals surface area contributed by atoms with Gasteiger partial charge in [-0.2, -0.15) is 0 Å². The lowest BCUT2D eigenvalue weighted by atomic mass is 9.70. The molecule has 12 aromatic rings. The Hall–Kier alpha value is -8.76. The van der Waals surface area contributed by atoms with Crippen molar-refractivity contribution in [3.63, 3.8) is 0 Å². The van der Waals surface area contributed by atoms with E-state index >= 15 is 0 Å². The fourth-order valence-corrected chi connectivity index (χ4v) is 18.3. The van der Waals surface area contributed by atoms with Gasteiger partial charge in [0.25, 0.3) is 0 Å². The molecule has 0 saturated heterocycles. The Morgan fingerprint density at radius 3 is 1.57 bits per heavy atom. The molecule has 70 heavy (non-hydrogen) atoms. The third kappa shape index (κ3) is 5.22. The molecule has 0 unspecified atom stereocenters. The molecule has 2 aliphatic carbocycles. The first-order valence-electron chi connectivity index (χ1n) is 24.3. The molecule has 1 aromatic heterocycles. The van der Waals surface area contributed by atoms with Gasteiger partial charge in [-0.3, -0.25) is 0 Å². The van der Waals surface area contributed by atoms with Crippen LogP contribution in [0, 0.1) is 0 Å². The highest BCUT2D eigenvalue weighted by molar-refractivity contribution is 7.22. The highest BCUT2D eigenvalue weighted by atomic mass is 28.3. The zero-order chi connectivity index (χ0) is 46.0. The first-order chi connectivity index (χ1) is 34.7. The number of hydrogen-bond donors (Lipinski definition) is 0. The van der Waals surface area contributed by atoms with Gasteiger partial charge in [-0.25, -0.2) is 0 Å². The second kappa shape index (κ2) is 14.9. The summed E-state index contributed by atoms with van der Waals surface area (Å²) in [7, 11) is -2.66. The summed E-state index contributed by atoms with van der Waals surface area (Å²) in [5, 5.41) is 7.91. The fourth-order valence-electron chi connectivity index (χ4n) is 13.0. The summed E-state index contributed by atoms with van der Waals surface area (Å²) in [6.07, 6.45) is 0. The van der Waals surface area contributed by atoms with Crippen molar-refractivity contribution in [1.82, 2.24) is 0 Å². The van der Waals surface area contributed by atoms with Gasteiger partial charge in [0.15, 0.2) is 8.07 Å². The summed E-state index contributed by atoms with van der Waals surface area (Å²) in [5.41, 5.74) is 20.1.